The third-order valence-corrected chi connectivity index (χ3v) is 4.32. The molecule has 0 radical (unpaired) electrons. The summed E-state index contributed by atoms with van der Waals surface area (Å²) < 4.78 is 5.80. The molecule has 7 nitrogen and oxygen atoms in total. The van der Waals surface area contributed by atoms with Gasteiger partial charge in [-0.15, -0.1) is 0 Å². The van der Waals surface area contributed by atoms with Crippen LogP contribution in [-0.4, -0.2) is 41.5 Å². The zero-order valence-corrected chi connectivity index (χ0v) is 15.2. The van der Waals surface area contributed by atoms with Crippen LogP contribution >= 0.6 is 0 Å². The minimum atomic E-state index is -0.385. The van der Waals surface area contributed by atoms with Crippen LogP contribution in [0.3, 0.4) is 0 Å². The van der Waals surface area contributed by atoms with E-state index in [1.54, 1.807) is 12.1 Å². The van der Waals surface area contributed by atoms with Crippen LogP contribution in [0.5, 0.6) is 5.75 Å². The highest BCUT2D eigenvalue weighted by molar-refractivity contribution is 5.78. The number of nitro groups is 1. The number of piperidine rings is 1. The van der Waals surface area contributed by atoms with Crippen LogP contribution in [0.25, 0.3) is 0 Å². The van der Waals surface area contributed by atoms with Gasteiger partial charge in [0.05, 0.1) is 11.0 Å². The van der Waals surface area contributed by atoms with E-state index in [4.69, 9.17) is 4.74 Å². The molecule has 1 aromatic carbocycles. The van der Waals surface area contributed by atoms with Gasteiger partial charge in [-0.2, -0.15) is 0 Å². The fourth-order valence-corrected chi connectivity index (χ4v) is 3.08. The van der Waals surface area contributed by atoms with Crippen molar-refractivity contribution in [3.63, 3.8) is 0 Å². The molecule has 1 fully saturated rings. The van der Waals surface area contributed by atoms with Crippen LogP contribution in [0.1, 0.15) is 39.2 Å². The van der Waals surface area contributed by atoms with Crippen LogP contribution in [0.4, 0.5) is 5.69 Å². The molecule has 0 unspecified atom stereocenters. The highest BCUT2D eigenvalue weighted by Crippen LogP contribution is 2.28. The summed E-state index contributed by atoms with van der Waals surface area (Å²) >= 11 is 0. The first-order valence-corrected chi connectivity index (χ1v) is 8.84. The van der Waals surface area contributed by atoms with Crippen LogP contribution in [0.15, 0.2) is 18.2 Å². The van der Waals surface area contributed by atoms with Crippen molar-refractivity contribution in [2.45, 2.75) is 46.3 Å². The molecule has 1 N–H and O–H groups in total. The molecule has 1 aliphatic heterocycles. The molecule has 1 heterocycles. The first-order chi connectivity index (χ1) is 11.9. The third kappa shape index (κ3) is 5.42. The third-order valence-electron chi connectivity index (χ3n) is 4.32. The smallest absolute Gasteiger partial charge is 0.270 e. The highest BCUT2D eigenvalue weighted by Gasteiger charge is 2.25. The van der Waals surface area contributed by atoms with Crippen molar-refractivity contribution in [1.29, 1.82) is 0 Å². The maximum absolute atomic E-state index is 11.9. The molecule has 7 heteroatoms. The molecule has 1 aliphatic rings. The predicted molar refractivity (Wildman–Crippen MR) is 95.5 cm³/mol. The summed E-state index contributed by atoms with van der Waals surface area (Å²) in [5.74, 6) is 0.875. The molecule has 0 aliphatic carbocycles. The Labute approximate surface area is 148 Å². The van der Waals surface area contributed by atoms with Crippen LogP contribution in [-0.2, 0) is 11.3 Å². The summed E-state index contributed by atoms with van der Waals surface area (Å²) in [7, 11) is 0. The standard InChI is InChI=1S/C18H27N3O4/c1-4-19-18(22)14-7-9-20(10-8-14)12-15-11-16(21(23)24)5-6-17(15)25-13(2)3/h5-6,11,13-14H,4,7-10,12H2,1-3H3,(H,19,22). The fraction of sp³-hybridized carbons (Fsp3) is 0.611. The van der Waals surface area contributed by atoms with Crippen molar-refractivity contribution in [2.24, 2.45) is 5.92 Å². The summed E-state index contributed by atoms with van der Waals surface area (Å²) in [5, 5.41) is 13.9. The predicted octanol–water partition coefficient (Wildman–Crippen LogP) is 2.73. The number of non-ortho nitro benzene ring substituents is 1. The van der Waals surface area contributed by atoms with Gasteiger partial charge in [-0.3, -0.25) is 19.8 Å². The van der Waals surface area contributed by atoms with Crippen molar-refractivity contribution in [3.05, 3.63) is 33.9 Å². The van der Waals surface area contributed by atoms with E-state index >= 15 is 0 Å². The SMILES string of the molecule is CCNC(=O)C1CCN(Cc2cc([N+](=O)[O-])ccc2OC(C)C)CC1. The topological polar surface area (TPSA) is 84.7 Å². The number of rotatable bonds is 7. The number of ether oxygens (including phenoxy) is 1. The summed E-state index contributed by atoms with van der Waals surface area (Å²) in [6, 6.07) is 4.74. The second-order valence-electron chi connectivity index (χ2n) is 6.66. The lowest BCUT2D eigenvalue weighted by Gasteiger charge is -2.31. The van der Waals surface area contributed by atoms with Gasteiger partial charge in [0.2, 0.25) is 5.91 Å². The minimum Gasteiger partial charge on any atom is -0.491 e. The number of amides is 1. The summed E-state index contributed by atoms with van der Waals surface area (Å²) in [5.41, 5.74) is 0.891. The second-order valence-corrected chi connectivity index (χ2v) is 6.66. The second kappa shape index (κ2) is 8.80. The average molecular weight is 349 g/mol. The summed E-state index contributed by atoms with van der Waals surface area (Å²) in [6.45, 7) is 8.63. The van der Waals surface area contributed by atoms with Gasteiger partial charge >= 0.3 is 0 Å². The van der Waals surface area contributed by atoms with E-state index in [0.29, 0.717) is 18.8 Å². The molecule has 0 spiro atoms. The quantitative estimate of drug-likeness (QED) is 0.604. The van der Waals surface area contributed by atoms with Crippen LogP contribution < -0.4 is 10.1 Å². The fourth-order valence-electron chi connectivity index (χ4n) is 3.08. The number of nitrogens with zero attached hydrogens (tertiary/aromatic N) is 2. The van der Waals surface area contributed by atoms with Crippen molar-refractivity contribution in [2.75, 3.05) is 19.6 Å². The van der Waals surface area contributed by atoms with E-state index in [1.165, 1.54) is 6.07 Å². The van der Waals surface area contributed by atoms with Crippen molar-refractivity contribution < 1.29 is 14.5 Å². The minimum absolute atomic E-state index is 0.00341. The first-order valence-electron chi connectivity index (χ1n) is 8.84. The van der Waals surface area contributed by atoms with E-state index in [-0.39, 0.29) is 28.5 Å². The Morgan fingerprint density at radius 2 is 2.08 bits per heavy atom. The normalized spacial score (nSPS) is 16.0. The Morgan fingerprint density at radius 1 is 1.40 bits per heavy atom. The van der Waals surface area contributed by atoms with E-state index in [2.05, 4.69) is 10.2 Å². The molecule has 0 bridgehead atoms. The summed E-state index contributed by atoms with van der Waals surface area (Å²) in [6.07, 6.45) is 1.62. The number of benzene rings is 1. The van der Waals surface area contributed by atoms with Gasteiger partial charge in [-0.05, 0) is 52.8 Å². The monoisotopic (exact) mass is 349 g/mol. The molecule has 138 valence electrons. The van der Waals surface area contributed by atoms with Gasteiger partial charge < -0.3 is 10.1 Å². The maximum atomic E-state index is 11.9. The van der Waals surface area contributed by atoms with E-state index < -0.39 is 0 Å². The molecular formula is C18H27N3O4. The van der Waals surface area contributed by atoms with E-state index in [9.17, 15) is 14.9 Å². The molecule has 1 saturated heterocycles. The number of nitro benzene ring substituents is 1. The zero-order valence-electron chi connectivity index (χ0n) is 15.2. The molecule has 2 rings (SSSR count). The van der Waals surface area contributed by atoms with Gasteiger partial charge in [0.1, 0.15) is 5.75 Å². The molecule has 1 aromatic rings. The van der Waals surface area contributed by atoms with Crippen LogP contribution in [0, 0.1) is 16.0 Å². The van der Waals surface area contributed by atoms with Gasteiger partial charge in [0.25, 0.3) is 5.69 Å². The number of nitrogens with one attached hydrogen (secondary N) is 1. The number of hydrogen-bond acceptors (Lipinski definition) is 5. The Morgan fingerprint density at radius 3 is 2.64 bits per heavy atom. The van der Waals surface area contributed by atoms with E-state index in [1.807, 2.05) is 20.8 Å². The first kappa shape index (κ1) is 19.2. The molecule has 1 amide bonds. The van der Waals surface area contributed by atoms with E-state index in [0.717, 1.165) is 31.5 Å². The Kier molecular flexibility index (Phi) is 6.75. The lowest BCUT2D eigenvalue weighted by Crippen LogP contribution is -2.40. The lowest BCUT2D eigenvalue weighted by atomic mass is 9.95. The highest BCUT2D eigenvalue weighted by atomic mass is 16.6. The number of hydrogen-bond donors (Lipinski definition) is 1. The van der Waals surface area contributed by atoms with Crippen LogP contribution in [0.2, 0.25) is 0 Å². The number of likely N-dealkylation sites (tertiary alicyclic amines) is 1. The number of carbonyl (C=O) groups is 1. The molecule has 0 atom stereocenters. The van der Waals surface area contributed by atoms with Gasteiger partial charge in [-0.25, -0.2) is 0 Å². The number of carbonyl (C=O) groups excluding carboxylic acids is 1. The van der Waals surface area contributed by atoms with Gasteiger partial charge in [-0.1, -0.05) is 0 Å². The van der Waals surface area contributed by atoms with Gasteiger partial charge in [0, 0.05) is 36.7 Å². The van der Waals surface area contributed by atoms with Crippen molar-refractivity contribution >= 4 is 11.6 Å². The largest absolute Gasteiger partial charge is 0.491 e. The van der Waals surface area contributed by atoms with Crippen molar-refractivity contribution in [3.8, 4) is 5.75 Å². The molecule has 25 heavy (non-hydrogen) atoms. The maximum Gasteiger partial charge on any atom is 0.270 e. The lowest BCUT2D eigenvalue weighted by molar-refractivity contribution is -0.385. The Hall–Kier alpha value is -2.15. The summed E-state index contributed by atoms with van der Waals surface area (Å²) in [4.78, 5) is 24.8. The Balaban J connectivity index is 2.05. The molecular weight excluding hydrogens is 322 g/mol. The average Bonchev–Trinajstić information content (AvgIpc) is 2.56. The van der Waals surface area contributed by atoms with Crippen molar-refractivity contribution in [1.82, 2.24) is 10.2 Å². The Bertz CT molecular complexity index is 610. The molecule has 0 aromatic heterocycles. The van der Waals surface area contributed by atoms with Gasteiger partial charge in [0.15, 0.2) is 0 Å². The zero-order chi connectivity index (χ0) is 18.4. The molecule has 0 saturated carbocycles.